The van der Waals surface area contributed by atoms with Gasteiger partial charge in [0.15, 0.2) is 0 Å². The molecule has 0 radical (unpaired) electrons. The molecule has 6 heteroatoms. The first-order valence-electron chi connectivity index (χ1n) is 7.19. The summed E-state index contributed by atoms with van der Waals surface area (Å²) >= 11 is 1.56. The molecular weight excluding hydrogens is 298 g/mol. The van der Waals surface area contributed by atoms with Crippen LogP contribution in [0.3, 0.4) is 0 Å². The molecule has 0 bridgehead atoms. The number of aryl methyl sites for hydroxylation is 2. The molecule has 1 atom stereocenters. The molecule has 2 aromatic heterocycles. The van der Waals surface area contributed by atoms with E-state index in [1.54, 1.807) is 22.1 Å². The zero-order valence-electron chi connectivity index (χ0n) is 13.3. The van der Waals surface area contributed by atoms with Gasteiger partial charge in [0.25, 0.3) is 0 Å². The van der Waals surface area contributed by atoms with E-state index in [9.17, 15) is 5.11 Å². The van der Waals surface area contributed by atoms with Gasteiger partial charge >= 0.3 is 0 Å². The predicted molar refractivity (Wildman–Crippen MR) is 89.2 cm³/mol. The molecule has 2 heterocycles. The predicted octanol–water partition coefficient (Wildman–Crippen LogP) is 2.35. The van der Waals surface area contributed by atoms with Crippen LogP contribution in [0, 0.1) is 6.92 Å². The second kappa shape index (κ2) is 7.09. The molecule has 0 aliphatic rings. The molecule has 2 aromatic rings. The summed E-state index contributed by atoms with van der Waals surface area (Å²) in [4.78, 5) is 0.950. The molecule has 0 fully saturated rings. The van der Waals surface area contributed by atoms with Crippen molar-refractivity contribution in [1.82, 2.24) is 15.1 Å². The number of aliphatic hydroxyl groups is 1. The topological polar surface area (TPSA) is 59.3 Å². The molecule has 5 nitrogen and oxygen atoms in total. The Morgan fingerprint density at radius 2 is 2.36 bits per heavy atom. The summed E-state index contributed by atoms with van der Waals surface area (Å²) in [5, 5.41) is 20.2. The summed E-state index contributed by atoms with van der Waals surface area (Å²) in [5.74, 6) is 0.737. The number of ether oxygens (including phenoxy) is 1. The Morgan fingerprint density at radius 1 is 1.59 bits per heavy atom. The van der Waals surface area contributed by atoms with Crippen molar-refractivity contribution in [2.75, 3.05) is 13.2 Å². The third-order valence-electron chi connectivity index (χ3n) is 3.45. The van der Waals surface area contributed by atoms with Crippen LogP contribution in [0.1, 0.15) is 23.1 Å². The fourth-order valence-corrected chi connectivity index (χ4v) is 3.09. The first kappa shape index (κ1) is 16.7. The molecule has 2 N–H and O–H groups in total. The smallest absolute Gasteiger partial charge is 0.216 e. The van der Waals surface area contributed by atoms with Crippen molar-refractivity contribution in [1.29, 1.82) is 0 Å². The summed E-state index contributed by atoms with van der Waals surface area (Å²) in [5.41, 5.74) is 1.04. The lowest BCUT2D eigenvalue weighted by Gasteiger charge is -2.22. The van der Waals surface area contributed by atoms with Gasteiger partial charge in [-0.15, -0.1) is 11.3 Å². The highest BCUT2D eigenvalue weighted by atomic mass is 32.1. The quantitative estimate of drug-likeness (QED) is 0.733. The Balaban J connectivity index is 2.01. The number of thiophene rings is 1. The lowest BCUT2D eigenvalue weighted by molar-refractivity contribution is 0.0603. The summed E-state index contributed by atoms with van der Waals surface area (Å²) in [6.07, 6.45) is 1.71. The van der Waals surface area contributed by atoms with Gasteiger partial charge in [-0.2, -0.15) is 5.10 Å². The van der Waals surface area contributed by atoms with E-state index in [1.165, 1.54) is 0 Å². The minimum atomic E-state index is -0.883. The van der Waals surface area contributed by atoms with E-state index >= 15 is 0 Å². The van der Waals surface area contributed by atoms with Crippen LogP contribution in [0.2, 0.25) is 0 Å². The van der Waals surface area contributed by atoms with Crippen molar-refractivity contribution < 1.29 is 9.84 Å². The minimum absolute atomic E-state index is 0.443. The molecule has 0 aliphatic carbocycles. The van der Waals surface area contributed by atoms with Gasteiger partial charge in [0.1, 0.15) is 12.2 Å². The number of hydrogen-bond donors (Lipinski definition) is 2. The summed E-state index contributed by atoms with van der Waals surface area (Å²) in [6, 6.07) is 3.89. The van der Waals surface area contributed by atoms with Crippen molar-refractivity contribution in [3.8, 4) is 5.88 Å². The Morgan fingerprint density at radius 3 is 3.00 bits per heavy atom. The SMILES string of the molecule is C=CCOc1c(CNCC(C)(O)c2cccs2)c(C)nn1C. The van der Waals surface area contributed by atoms with Gasteiger partial charge in [0.05, 0.1) is 11.3 Å². The van der Waals surface area contributed by atoms with Crippen LogP contribution in [0.25, 0.3) is 0 Å². The van der Waals surface area contributed by atoms with E-state index in [0.29, 0.717) is 19.7 Å². The number of nitrogens with one attached hydrogen (secondary N) is 1. The van der Waals surface area contributed by atoms with Gasteiger partial charge in [-0.25, -0.2) is 4.68 Å². The highest BCUT2D eigenvalue weighted by Gasteiger charge is 2.24. The normalized spacial score (nSPS) is 13.8. The van der Waals surface area contributed by atoms with Crippen molar-refractivity contribution >= 4 is 11.3 Å². The van der Waals surface area contributed by atoms with Gasteiger partial charge in [-0.3, -0.25) is 0 Å². The first-order chi connectivity index (χ1) is 10.5. The van der Waals surface area contributed by atoms with Gasteiger partial charge in [0.2, 0.25) is 5.88 Å². The lowest BCUT2D eigenvalue weighted by atomic mass is 10.1. The average Bonchev–Trinajstić information content (AvgIpc) is 3.07. The molecule has 2 rings (SSSR count). The van der Waals surface area contributed by atoms with E-state index in [2.05, 4.69) is 17.0 Å². The fraction of sp³-hybridized carbons (Fsp3) is 0.438. The second-order valence-corrected chi connectivity index (χ2v) is 6.39. The number of hydrogen-bond acceptors (Lipinski definition) is 5. The summed E-state index contributed by atoms with van der Waals surface area (Å²) in [6.45, 7) is 8.93. The second-order valence-electron chi connectivity index (χ2n) is 5.45. The van der Waals surface area contributed by atoms with Crippen molar-refractivity contribution in [3.63, 3.8) is 0 Å². The first-order valence-corrected chi connectivity index (χ1v) is 8.07. The number of nitrogens with zero attached hydrogens (tertiary/aromatic N) is 2. The zero-order chi connectivity index (χ0) is 16.2. The number of rotatable bonds is 8. The van der Waals surface area contributed by atoms with Crippen LogP contribution in [-0.2, 0) is 19.2 Å². The fourth-order valence-electron chi connectivity index (χ4n) is 2.31. The van der Waals surface area contributed by atoms with Crippen molar-refractivity contribution in [3.05, 3.63) is 46.3 Å². The third-order valence-corrected chi connectivity index (χ3v) is 4.57. The molecule has 0 aromatic carbocycles. The molecule has 0 saturated heterocycles. The Kier molecular flexibility index (Phi) is 5.39. The molecular formula is C16H23N3O2S. The van der Waals surface area contributed by atoms with E-state index in [-0.39, 0.29) is 0 Å². The standard InChI is InChI=1S/C16H23N3O2S/c1-5-8-21-15-13(12(2)18-19(15)4)10-17-11-16(3,20)14-7-6-9-22-14/h5-7,9,17,20H,1,8,10-11H2,2-4H3. The van der Waals surface area contributed by atoms with Crippen LogP contribution < -0.4 is 10.1 Å². The molecule has 0 amide bonds. The van der Waals surface area contributed by atoms with E-state index in [4.69, 9.17) is 4.74 Å². The molecule has 120 valence electrons. The van der Waals surface area contributed by atoms with E-state index in [1.807, 2.05) is 38.4 Å². The van der Waals surface area contributed by atoms with Gasteiger partial charge in [-0.1, -0.05) is 18.7 Å². The molecule has 0 aliphatic heterocycles. The highest BCUT2D eigenvalue weighted by Crippen LogP contribution is 2.25. The molecule has 0 spiro atoms. The van der Waals surface area contributed by atoms with Crippen LogP contribution >= 0.6 is 11.3 Å². The summed E-state index contributed by atoms with van der Waals surface area (Å²) < 4.78 is 7.40. The number of aromatic nitrogens is 2. The van der Waals surface area contributed by atoms with Crippen LogP contribution in [-0.4, -0.2) is 28.0 Å². The van der Waals surface area contributed by atoms with Crippen LogP contribution in [0.5, 0.6) is 5.88 Å². The largest absolute Gasteiger partial charge is 0.473 e. The van der Waals surface area contributed by atoms with E-state index < -0.39 is 5.60 Å². The average molecular weight is 321 g/mol. The monoisotopic (exact) mass is 321 g/mol. The summed E-state index contributed by atoms with van der Waals surface area (Å²) in [7, 11) is 1.86. The Labute approximate surface area is 135 Å². The van der Waals surface area contributed by atoms with Crippen molar-refractivity contribution in [2.45, 2.75) is 26.0 Å². The van der Waals surface area contributed by atoms with Crippen molar-refractivity contribution in [2.24, 2.45) is 7.05 Å². The Bertz CT molecular complexity index is 618. The van der Waals surface area contributed by atoms with Gasteiger partial charge < -0.3 is 15.2 Å². The zero-order valence-corrected chi connectivity index (χ0v) is 14.1. The maximum Gasteiger partial charge on any atom is 0.216 e. The third kappa shape index (κ3) is 3.76. The lowest BCUT2D eigenvalue weighted by Crippen LogP contribution is -2.34. The Hall–Kier alpha value is -1.63. The van der Waals surface area contributed by atoms with Crippen LogP contribution in [0.4, 0.5) is 0 Å². The van der Waals surface area contributed by atoms with Gasteiger partial charge in [0, 0.05) is 25.0 Å². The minimum Gasteiger partial charge on any atom is -0.473 e. The molecule has 22 heavy (non-hydrogen) atoms. The highest BCUT2D eigenvalue weighted by molar-refractivity contribution is 7.10. The van der Waals surface area contributed by atoms with E-state index in [0.717, 1.165) is 22.0 Å². The van der Waals surface area contributed by atoms with Crippen LogP contribution in [0.15, 0.2) is 30.2 Å². The maximum absolute atomic E-state index is 10.5. The van der Waals surface area contributed by atoms with Gasteiger partial charge in [-0.05, 0) is 25.3 Å². The molecule has 1 unspecified atom stereocenters. The molecule has 0 saturated carbocycles. The maximum atomic E-state index is 10.5.